The Morgan fingerprint density at radius 3 is 2.76 bits per heavy atom. The predicted octanol–water partition coefficient (Wildman–Crippen LogP) is 1.33. The molecule has 0 unspecified atom stereocenters. The van der Waals surface area contributed by atoms with Crippen molar-refractivity contribution in [3.8, 4) is 0 Å². The molecule has 0 atom stereocenters. The van der Waals surface area contributed by atoms with Gasteiger partial charge in [0.1, 0.15) is 0 Å². The molecule has 2 heterocycles. The highest BCUT2D eigenvalue weighted by Gasteiger charge is 2.37. The fraction of sp³-hybridized carbons (Fsp3) is 0.538. The third-order valence-corrected chi connectivity index (χ3v) is 3.24. The van der Waals surface area contributed by atoms with E-state index >= 15 is 0 Å². The van der Waals surface area contributed by atoms with Crippen LogP contribution in [-0.4, -0.2) is 34.0 Å². The topological polar surface area (TPSA) is 53.4 Å². The number of fused-ring (bicyclic) bond motifs is 1. The first-order valence-corrected chi connectivity index (χ1v) is 5.90. The van der Waals surface area contributed by atoms with Crippen LogP contribution in [0, 0.1) is 0 Å². The molecule has 0 radical (unpaired) electrons. The number of amides is 1. The average Bonchev–Trinajstić information content (AvgIpc) is 2.33. The van der Waals surface area contributed by atoms with E-state index in [-0.39, 0.29) is 17.9 Å². The largest absolute Gasteiger partial charge is 0.390 e. The van der Waals surface area contributed by atoms with E-state index in [9.17, 15) is 4.79 Å². The Balaban J connectivity index is 2.55. The van der Waals surface area contributed by atoms with Gasteiger partial charge < -0.3 is 10.0 Å². The van der Waals surface area contributed by atoms with Crippen molar-refractivity contribution in [2.75, 3.05) is 13.1 Å². The fourth-order valence-electron chi connectivity index (χ4n) is 2.33. The minimum absolute atomic E-state index is 0.0406. The summed E-state index contributed by atoms with van der Waals surface area (Å²) in [5, 5.41) is 9.12. The molecule has 1 aliphatic rings. The number of carbonyl (C=O) groups excluding carboxylic acids is 1. The van der Waals surface area contributed by atoms with Crippen molar-refractivity contribution < 1.29 is 9.90 Å². The Hall–Kier alpha value is -1.42. The van der Waals surface area contributed by atoms with Gasteiger partial charge in [0, 0.05) is 18.5 Å². The van der Waals surface area contributed by atoms with Crippen LogP contribution in [0.2, 0.25) is 0 Å². The van der Waals surface area contributed by atoms with E-state index in [0.717, 1.165) is 5.69 Å². The Bertz CT molecular complexity index is 455. The van der Waals surface area contributed by atoms with Crippen LogP contribution in [0.4, 0.5) is 0 Å². The van der Waals surface area contributed by atoms with Crippen molar-refractivity contribution in [2.45, 2.75) is 32.8 Å². The summed E-state index contributed by atoms with van der Waals surface area (Å²) in [6.45, 7) is 7.44. The zero-order chi connectivity index (χ0) is 12.6. The zero-order valence-electron chi connectivity index (χ0n) is 10.5. The number of rotatable bonds is 2. The van der Waals surface area contributed by atoms with Gasteiger partial charge in [-0.3, -0.25) is 9.78 Å². The molecule has 17 heavy (non-hydrogen) atoms. The summed E-state index contributed by atoms with van der Waals surface area (Å²) >= 11 is 0. The summed E-state index contributed by atoms with van der Waals surface area (Å²) in [4.78, 5) is 18.4. The van der Waals surface area contributed by atoms with Crippen molar-refractivity contribution in [3.63, 3.8) is 0 Å². The maximum atomic E-state index is 12.2. The predicted molar refractivity (Wildman–Crippen MR) is 64.8 cm³/mol. The molecule has 92 valence electrons. The molecular weight excluding hydrogens is 216 g/mol. The van der Waals surface area contributed by atoms with Gasteiger partial charge in [0.15, 0.2) is 0 Å². The number of pyridine rings is 1. The van der Waals surface area contributed by atoms with Crippen molar-refractivity contribution in [3.05, 3.63) is 29.1 Å². The maximum Gasteiger partial charge on any atom is 0.255 e. The molecule has 2 rings (SSSR count). The number of likely N-dealkylation sites (N-methyl/N-ethyl adjacent to an activating group) is 1. The second-order valence-corrected chi connectivity index (χ2v) is 5.06. The summed E-state index contributed by atoms with van der Waals surface area (Å²) in [5.74, 6) is 0.0406. The van der Waals surface area contributed by atoms with Crippen LogP contribution in [0.25, 0.3) is 0 Å². The van der Waals surface area contributed by atoms with E-state index in [2.05, 4.69) is 18.8 Å². The molecule has 0 aromatic carbocycles. The minimum atomic E-state index is -0.162. The van der Waals surface area contributed by atoms with Crippen molar-refractivity contribution in [1.29, 1.82) is 0 Å². The quantitative estimate of drug-likeness (QED) is 0.839. The van der Waals surface area contributed by atoms with E-state index in [4.69, 9.17) is 5.11 Å². The molecule has 0 saturated heterocycles. The minimum Gasteiger partial charge on any atom is -0.390 e. The lowest BCUT2D eigenvalue weighted by atomic mass is 9.81. The van der Waals surface area contributed by atoms with Gasteiger partial charge in [-0.15, -0.1) is 0 Å². The monoisotopic (exact) mass is 234 g/mol. The lowest BCUT2D eigenvalue weighted by Gasteiger charge is -2.38. The molecule has 0 aliphatic carbocycles. The Morgan fingerprint density at radius 1 is 1.47 bits per heavy atom. The van der Waals surface area contributed by atoms with Crippen LogP contribution >= 0.6 is 0 Å². The van der Waals surface area contributed by atoms with Crippen molar-refractivity contribution in [2.24, 2.45) is 0 Å². The van der Waals surface area contributed by atoms with Gasteiger partial charge in [-0.2, -0.15) is 0 Å². The fourth-order valence-corrected chi connectivity index (χ4v) is 2.33. The summed E-state index contributed by atoms with van der Waals surface area (Å²) in [7, 11) is 0. The molecule has 0 fully saturated rings. The Labute approximate surface area is 101 Å². The van der Waals surface area contributed by atoms with E-state index in [1.165, 1.54) is 0 Å². The smallest absolute Gasteiger partial charge is 0.255 e. The second kappa shape index (κ2) is 4.11. The molecule has 4 heteroatoms. The van der Waals surface area contributed by atoms with Crippen molar-refractivity contribution >= 4 is 5.91 Å². The van der Waals surface area contributed by atoms with Crippen LogP contribution in [0.15, 0.2) is 12.1 Å². The molecule has 0 bridgehead atoms. The van der Waals surface area contributed by atoms with E-state index < -0.39 is 0 Å². The summed E-state index contributed by atoms with van der Waals surface area (Å²) < 4.78 is 0. The SMILES string of the molecule is CCN1CC(C)(C)c2nc(CO)ccc2C1=O. The average molecular weight is 234 g/mol. The number of carbonyl (C=O) groups is 1. The van der Waals surface area contributed by atoms with Crippen LogP contribution in [0.5, 0.6) is 0 Å². The van der Waals surface area contributed by atoms with E-state index in [0.29, 0.717) is 24.3 Å². The highest BCUT2D eigenvalue weighted by molar-refractivity contribution is 5.96. The lowest BCUT2D eigenvalue weighted by Crippen LogP contribution is -2.47. The van der Waals surface area contributed by atoms with Gasteiger partial charge >= 0.3 is 0 Å². The van der Waals surface area contributed by atoms with Gasteiger partial charge in [0.2, 0.25) is 0 Å². The molecule has 1 aromatic rings. The van der Waals surface area contributed by atoms with E-state index in [1.807, 2.05) is 11.8 Å². The van der Waals surface area contributed by atoms with Crippen molar-refractivity contribution in [1.82, 2.24) is 9.88 Å². The van der Waals surface area contributed by atoms with Crippen LogP contribution < -0.4 is 0 Å². The second-order valence-electron chi connectivity index (χ2n) is 5.06. The lowest BCUT2D eigenvalue weighted by molar-refractivity contribution is 0.0694. The Kier molecular flexibility index (Phi) is 2.91. The van der Waals surface area contributed by atoms with E-state index in [1.54, 1.807) is 12.1 Å². The van der Waals surface area contributed by atoms with Gasteiger partial charge in [0.05, 0.1) is 23.6 Å². The molecule has 1 N–H and O–H groups in total. The van der Waals surface area contributed by atoms with Crippen LogP contribution in [0.1, 0.15) is 42.5 Å². The number of aliphatic hydroxyl groups is 1. The Morgan fingerprint density at radius 2 is 2.18 bits per heavy atom. The number of aliphatic hydroxyl groups excluding tert-OH is 1. The zero-order valence-corrected chi connectivity index (χ0v) is 10.5. The molecule has 4 nitrogen and oxygen atoms in total. The first-order valence-electron chi connectivity index (χ1n) is 5.90. The van der Waals surface area contributed by atoms with Crippen LogP contribution in [0.3, 0.4) is 0 Å². The summed E-state index contributed by atoms with van der Waals surface area (Å²) in [5.41, 5.74) is 1.93. The molecule has 0 saturated carbocycles. The van der Waals surface area contributed by atoms with Gasteiger partial charge in [-0.1, -0.05) is 13.8 Å². The first kappa shape index (κ1) is 12.0. The number of nitrogens with zero attached hydrogens (tertiary/aromatic N) is 2. The van der Waals surface area contributed by atoms with Gasteiger partial charge in [-0.25, -0.2) is 0 Å². The highest BCUT2D eigenvalue weighted by atomic mass is 16.3. The number of hydrogen-bond donors (Lipinski definition) is 1. The normalized spacial score (nSPS) is 18.1. The first-order chi connectivity index (χ1) is 7.99. The molecule has 1 aliphatic heterocycles. The number of aromatic nitrogens is 1. The third kappa shape index (κ3) is 1.93. The molecule has 0 spiro atoms. The van der Waals surface area contributed by atoms with Gasteiger partial charge in [0.25, 0.3) is 5.91 Å². The summed E-state index contributed by atoms with van der Waals surface area (Å²) in [6, 6.07) is 3.49. The van der Waals surface area contributed by atoms with Crippen LogP contribution in [-0.2, 0) is 12.0 Å². The number of hydrogen-bond acceptors (Lipinski definition) is 3. The molecular formula is C13H18N2O2. The third-order valence-electron chi connectivity index (χ3n) is 3.24. The highest BCUT2D eigenvalue weighted by Crippen LogP contribution is 2.31. The van der Waals surface area contributed by atoms with Gasteiger partial charge in [-0.05, 0) is 19.1 Å². The summed E-state index contributed by atoms with van der Waals surface area (Å²) in [6.07, 6.45) is 0. The molecule has 1 aromatic heterocycles. The standard InChI is InChI=1S/C13H18N2O2/c1-4-15-8-13(2,3)11-10(12(15)17)6-5-9(7-16)14-11/h5-6,16H,4,7-8H2,1-3H3. The maximum absolute atomic E-state index is 12.2. The molecule has 1 amide bonds.